The number of nitro groups is 1. The van der Waals surface area contributed by atoms with E-state index in [1.165, 1.54) is 11.0 Å². The minimum absolute atomic E-state index is 0.0511. The Balaban J connectivity index is 2.05. The van der Waals surface area contributed by atoms with Crippen LogP contribution in [-0.2, 0) is 6.42 Å². The summed E-state index contributed by atoms with van der Waals surface area (Å²) in [6.45, 7) is 0.478. The van der Waals surface area contributed by atoms with E-state index in [-0.39, 0.29) is 16.8 Å². The lowest BCUT2D eigenvalue weighted by molar-refractivity contribution is -0.384. The van der Waals surface area contributed by atoms with Gasteiger partial charge in [-0.3, -0.25) is 14.9 Å². The fourth-order valence-corrected chi connectivity index (χ4v) is 2.90. The average molecular weight is 326 g/mol. The van der Waals surface area contributed by atoms with Crippen molar-refractivity contribution >= 4 is 23.3 Å². The van der Waals surface area contributed by atoms with Crippen molar-refractivity contribution in [3.8, 4) is 0 Å². The number of aromatic carboxylic acids is 1. The summed E-state index contributed by atoms with van der Waals surface area (Å²) in [5.41, 5.74) is 1.00. The fourth-order valence-electron chi connectivity index (χ4n) is 2.90. The lowest BCUT2D eigenvalue weighted by atomic mass is 9.99. The second-order valence-corrected chi connectivity index (χ2v) is 5.48. The molecule has 1 aliphatic heterocycles. The van der Waals surface area contributed by atoms with Gasteiger partial charge in [-0.1, -0.05) is 18.2 Å². The molecule has 0 spiro atoms. The van der Waals surface area contributed by atoms with Crippen molar-refractivity contribution in [2.45, 2.75) is 12.8 Å². The van der Waals surface area contributed by atoms with E-state index in [9.17, 15) is 24.8 Å². The summed E-state index contributed by atoms with van der Waals surface area (Å²) in [5.74, 6) is -1.83. The van der Waals surface area contributed by atoms with Crippen LogP contribution in [0.2, 0.25) is 0 Å². The molecule has 0 fully saturated rings. The zero-order valence-corrected chi connectivity index (χ0v) is 12.6. The number of nitro benzene ring substituents is 1. The van der Waals surface area contributed by atoms with Crippen molar-refractivity contribution in [1.29, 1.82) is 0 Å². The molecular formula is C17H14N2O5. The zero-order chi connectivity index (χ0) is 17.3. The van der Waals surface area contributed by atoms with E-state index in [0.29, 0.717) is 6.54 Å². The summed E-state index contributed by atoms with van der Waals surface area (Å²) < 4.78 is 0. The van der Waals surface area contributed by atoms with Gasteiger partial charge in [-0.2, -0.15) is 0 Å². The van der Waals surface area contributed by atoms with Crippen molar-refractivity contribution in [3.63, 3.8) is 0 Å². The number of non-ortho nitro benzene ring substituents is 1. The number of carboxylic acids is 1. The van der Waals surface area contributed by atoms with Crippen molar-refractivity contribution in [3.05, 3.63) is 69.3 Å². The Morgan fingerprint density at radius 1 is 1.12 bits per heavy atom. The number of hydrogen-bond acceptors (Lipinski definition) is 4. The van der Waals surface area contributed by atoms with Crippen molar-refractivity contribution in [1.82, 2.24) is 0 Å². The number of hydrogen-bond donors (Lipinski definition) is 1. The van der Waals surface area contributed by atoms with Gasteiger partial charge in [0.05, 0.1) is 16.1 Å². The van der Waals surface area contributed by atoms with Gasteiger partial charge in [0.2, 0.25) is 0 Å². The van der Waals surface area contributed by atoms with Crippen LogP contribution < -0.4 is 4.90 Å². The molecule has 2 aromatic rings. The van der Waals surface area contributed by atoms with Gasteiger partial charge in [0.1, 0.15) is 0 Å². The molecule has 1 N–H and O–H groups in total. The summed E-state index contributed by atoms with van der Waals surface area (Å²) in [7, 11) is 0. The second-order valence-electron chi connectivity index (χ2n) is 5.48. The van der Waals surface area contributed by atoms with Crippen LogP contribution in [0.4, 0.5) is 11.4 Å². The average Bonchev–Trinajstić information content (AvgIpc) is 2.60. The molecular weight excluding hydrogens is 312 g/mol. The third kappa shape index (κ3) is 2.71. The standard InChI is InChI=1S/C17H14N2O5/c20-16(18-9-3-5-11-4-1-2-6-15(11)18)13-8-7-12(19(23)24)10-14(13)17(21)22/h1-2,4,6-8,10H,3,5,9H2,(H,21,22). The largest absolute Gasteiger partial charge is 0.478 e. The Labute approximate surface area is 137 Å². The summed E-state index contributed by atoms with van der Waals surface area (Å²) in [4.78, 5) is 36.0. The fraction of sp³-hybridized carbons (Fsp3) is 0.176. The lowest BCUT2D eigenvalue weighted by Crippen LogP contribution is -2.36. The first-order valence-corrected chi connectivity index (χ1v) is 7.40. The number of carboxylic acid groups (broad SMARTS) is 1. The first-order valence-electron chi connectivity index (χ1n) is 7.40. The second kappa shape index (κ2) is 6.11. The Kier molecular flexibility index (Phi) is 3.99. The molecule has 1 heterocycles. The highest BCUT2D eigenvalue weighted by Gasteiger charge is 2.27. The molecule has 1 aliphatic rings. The number of fused-ring (bicyclic) bond motifs is 1. The van der Waals surface area contributed by atoms with E-state index in [2.05, 4.69) is 0 Å². The summed E-state index contributed by atoms with van der Waals surface area (Å²) in [5, 5.41) is 20.2. The van der Waals surface area contributed by atoms with Crippen LogP contribution in [0.5, 0.6) is 0 Å². The number of anilines is 1. The Morgan fingerprint density at radius 3 is 2.58 bits per heavy atom. The van der Waals surface area contributed by atoms with E-state index < -0.39 is 16.8 Å². The number of carbonyl (C=O) groups excluding carboxylic acids is 1. The molecule has 122 valence electrons. The number of nitrogens with zero attached hydrogens (tertiary/aromatic N) is 2. The summed E-state index contributed by atoms with van der Waals surface area (Å²) in [6, 6.07) is 10.7. The Bertz CT molecular complexity index is 847. The molecule has 0 saturated heterocycles. The van der Waals surface area contributed by atoms with Crippen LogP contribution in [0.1, 0.15) is 32.7 Å². The van der Waals surface area contributed by atoms with Crippen LogP contribution >= 0.6 is 0 Å². The lowest BCUT2D eigenvalue weighted by Gasteiger charge is -2.29. The summed E-state index contributed by atoms with van der Waals surface area (Å²) in [6.07, 6.45) is 1.63. The molecule has 0 saturated carbocycles. The van der Waals surface area contributed by atoms with Gasteiger partial charge in [-0.05, 0) is 30.5 Å². The van der Waals surface area contributed by atoms with Crippen molar-refractivity contribution in [2.75, 3.05) is 11.4 Å². The number of aryl methyl sites for hydroxylation is 1. The quantitative estimate of drug-likeness (QED) is 0.690. The van der Waals surface area contributed by atoms with Gasteiger partial charge >= 0.3 is 5.97 Å². The first-order chi connectivity index (χ1) is 11.5. The molecule has 7 heteroatoms. The molecule has 3 rings (SSSR count). The van der Waals surface area contributed by atoms with Gasteiger partial charge < -0.3 is 10.0 Å². The van der Waals surface area contributed by atoms with Gasteiger partial charge in [0.25, 0.3) is 11.6 Å². The summed E-state index contributed by atoms with van der Waals surface area (Å²) >= 11 is 0. The third-order valence-corrected chi connectivity index (χ3v) is 4.03. The van der Waals surface area contributed by atoms with E-state index in [1.54, 1.807) is 0 Å². The van der Waals surface area contributed by atoms with Gasteiger partial charge in [-0.15, -0.1) is 0 Å². The molecule has 0 unspecified atom stereocenters. The first kappa shape index (κ1) is 15.7. The highest BCUT2D eigenvalue weighted by atomic mass is 16.6. The molecule has 1 amide bonds. The molecule has 24 heavy (non-hydrogen) atoms. The monoisotopic (exact) mass is 326 g/mol. The topological polar surface area (TPSA) is 101 Å². The molecule has 0 radical (unpaired) electrons. The molecule has 2 aromatic carbocycles. The number of carbonyl (C=O) groups is 2. The maximum atomic E-state index is 12.9. The molecule has 0 bridgehead atoms. The third-order valence-electron chi connectivity index (χ3n) is 4.03. The van der Waals surface area contributed by atoms with Crippen LogP contribution in [0.25, 0.3) is 0 Å². The number of para-hydroxylation sites is 1. The van der Waals surface area contributed by atoms with E-state index >= 15 is 0 Å². The van der Waals surface area contributed by atoms with Crippen molar-refractivity contribution < 1.29 is 19.6 Å². The highest BCUT2D eigenvalue weighted by Crippen LogP contribution is 2.29. The van der Waals surface area contributed by atoms with Crippen LogP contribution in [-0.4, -0.2) is 28.5 Å². The predicted molar refractivity (Wildman–Crippen MR) is 86.5 cm³/mol. The van der Waals surface area contributed by atoms with Crippen LogP contribution in [0, 0.1) is 10.1 Å². The SMILES string of the molecule is O=C(O)c1cc([N+](=O)[O-])ccc1C(=O)N1CCCc2ccccc21. The van der Waals surface area contributed by atoms with Crippen molar-refractivity contribution in [2.24, 2.45) is 0 Å². The number of benzene rings is 2. The normalized spacial score (nSPS) is 13.2. The number of amides is 1. The van der Waals surface area contributed by atoms with Gasteiger partial charge in [0, 0.05) is 24.4 Å². The molecule has 7 nitrogen and oxygen atoms in total. The maximum absolute atomic E-state index is 12.9. The maximum Gasteiger partial charge on any atom is 0.336 e. The van der Waals surface area contributed by atoms with Gasteiger partial charge in [-0.25, -0.2) is 4.79 Å². The molecule has 0 aliphatic carbocycles. The van der Waals surface area contributed by atoms with Crippen LogP contribution in [0.3, 0.4) is 0 Å². The molecule has 0 atom stereocenters. The van der Waals surface area contributed by atoms with Gasteiger partial charge in [0.15, 0.2) is 0 Å². The zero-order valence-electron chi connectivity index (χ0n) is 12.6. The number of rotatable bonds is 3. The van der Waals surface area contributed by atoms with E-state index in [4.69, 9.17) is 0 Å². The minimum Gasteiger partial charge on any atom is -0.478 e. The van der Waals surface area contributed by atoms with E-state index in [0.717, 1.165) is 36.2 Å². The highest BCUT2D eigenvalue weighted by molar-refractivity contribution is 6.12. The minimum atomic E-state index is -1.37. The predicted octanol–water partition coefficient (Wildman–Crippen LogP) is 2.89. The van der Waals surface area contributed by atoms with E-state index in [1.807, 2.05) is 24.3 Å². The van der Waals surface area contributed by atoms with Crippen LogP contribution in [0.15, 0.2) is 42.5 Å². The smallest absolute Gasteiger partial charge is 0.336 e. The Hall–Kier alpha value is -3.22. The Morgan fingerprint density at radius 2 is 1.88 bits per heavy atom. The molecule has 0 aromatic heterocycles.